The summed E-state index contributed by atoms with van der Waals surface area (Å²) < 4.78 is 42.6. The van der Waals surface area contributed by atoms with Crippen LogP contribution in [-0.4, -0.2) is 44.3 Å². The quantitative estimate of drug-likeness (QED) is 0.424. The summed E-state index contributed by atoms with van der Waals surface area (Å²) in [6, 6.07) is 18.8. The zero-order chi connectivity index (χ0) is 26.3. The predicted octanol–water partition coefficient (Wildman–Crippen LogP) is 4.23. The molecule has 0 aliphatic carbocycles. The van der Waals surface area contributed by atoms with Gasteiger partial charge in [0.15, 0.2) is 0 Å². The summed E-state index contributed by atoms with van der Waals surface area (Å²) >= 11 is 6.34. The lowest BCUT2D eigenvalue weighted by molar-refractivity contribution is -0.139. The zero-order valence-corrected chi connectivity index (χ0v) is 21.5. The molecule has 190 valence electrons. The molecule has 0 bridgehead atoms. The lowest BCUT2D eigenvalue weighted by atomic mass is 10.1. The molecule has 0 aromatic heterocycles. The maximum atomic E-state index is 14.5. The normalized spacial score (nSPS) is 12.0. The van der Waals surface area contributed by atoms with Gasteiger partial charge >= 0.3 is 0 Å². The Morgan fingerprint density at radius 2 is 1.58 bits per heavy atom. The van der Waals surface area contributed by atoms with Crippen molar-refractivity contribution in [1.82, 2.24) is 10.2 Å². The monoisotopic (exact) mass is 531 g/mol. The van der Waals surface area contributed by atoms with Crippen molar-refractivity contribution >= 4 is 39.1 Å². The number of rotatable bonds is 10. The highest BCUT2D eigenvalue weighted by atomic mass is 35.5. The number of benzene rings is 3. The third kappa shape index (κ3) is 6.22. The molecule has 2 amide bonds. The van der Waals surface area contributed by atoms with Gasteiger partial charge in [-0.15, -0.1) is 0 Å². The first-order valence-electron chi connectivity index (χ1n) is 11.3. The Labute approximate surface area is 215 Å². The van der Waals surface area contributed by atoms with Crippen molar-refractivity contribution in [3.05, 3.63) is 95.3 Å². The Morgan fingerprint density at radius 1 is 0.972 bits per heavy atom. The van der Waals surface area contributed by atoms with E-state index in [1.807, 2.05) is 0 Å². The largest absolute Gasteiger partial charge is 0.355 e. The van der Waals surface area contributed by atoms with Gasteiger partial charge in [-0.2, -0.15) is 0 Å². The van der Waals surface area contributed by atoms with Crippen LogP contribution in [-0.2, 0) is 26.2 Å². The van der Waals surface area contributed by atoms with Crippen molar-refractivity contribution in [3.63, 3.8) is 0 Å². The van der Waals surface area contributed by atoms with Crippen LogP contribution in [0.3, 0.4) is 0 Å². The molecule has 3 rings (SSSR count). The molecular weight excluding hydrogens is 505 g/mol. The second kappa shape index (κ2) is 12.0. The van der Waals surface area contributed by atoms with Gasteiger partial charge in [-0.05, 0) is 44.2 Å². The summed E-state index contributed by atoms with van der Waals surface area (Å²) in [5.41, 5.74) is 0.296. The second-order valence-corrected chi connectivity index (χ2v) is 10.2. The topological polar surface area (TPSA) is 86.8 Å². The van der Waals surface area contributed by atoms with Crippen LogP contribution >= 0.6 is 11.6 Å². The van der Waals surface area contributed by atoms with Gasteiger partial charge in [0.25, 0.3) is 10.0 Å². The first kappa shape index (κ1) is 27.2. The van der Waals surface area contributed by atoms with Gasteiger partial charge in [-0.3, -0.25) is 13.9 Å². The summed E-state index contributed by atoms with van der Waals surface area (Å²) in [6.07, 6.45) is 0. The van der Waals surface area contributed by atoms with Crippen LogP contribution in [0, 0.1) is 5.82 Å². The smallest absolute Gasteiger partial charge is 0.264 e. The van der Waals surface area contributed by atoms with E-state index in [2.05, 4.69) is 5.32 Å². The maximum Gasteiger partial charge on any atom is 0.264 e. The number of carbonyl (C=O) groups excluding carboxylic acids is 2. The number of anilines is 1. The molecule has 0 radical (unpaired) electrons. The minimum Gasteiger partial charge on any atom is -0.355 e. The van der Waals surface area contributed by atoms with E-state index in [-0.39, 0.29) is 27.7 Å². The molecule has 3 aromatic rings. The van der Waals surface area contributed by atoms with Crippen LogP contribution in [0.25, 0.3) is 0 Å². The second-order valence-electron chi connectivity index (χ2n) is 7.96. The Hall–Kier alpha value is -3.43. The Morgan fingerprint density at radius 3 is 2.22 bits per heavy atom. The number of hydrogen-bond donors (Lipinski definition) is 1. The van der Waals surface area contributed by atoms with Crippen LogP contribution in [0.2, 0.25) is 5.02 Å². The summed E-state index contributed by atoms with van der Waals surface area (Å²) in [6.45, 7) is 2.69. The van der Waals surface area contributed by atoms with Crippen molar-refractivity contribution in [2.45, 2.75) is 31.3 Å². The molecule has 0 fully saturated rings. The first-order chi connectivity index (χ1) is 17.2. The third-order valence-corrected chi connectivity index (χ3v) is 7.64. The van der Waals surface area contributed by atoms with Gasteiger partial charge in [-0.1, -0.05) is 60.1 Å². The average Bonchev–Trinajstić information content (AvgIpc) is 2.87. The molecule has 0 aliphatic heterocycles. The third-order valence-electron chi connectivity index (χ3n) is 5.55. The highest BCUT2D eigenvalue weighted by Gasteiger charge is 2.33. The van der Waals surface area contributed by atoms with E-state index in [0.717, 1.165) is 9.21 Å². The van der Waals surface area contributed by atoms with Gasteiger partial charge in [-0.25, -0.2) is 12.8 Å². The number of carbonyl (C=O) groups is 2. The standard InChI is InChI=1S/C26H27ClFN3O4S/c1-3-29-26(33)19(2)30(17-20-11-7-9-15-23(20)28)25(32)18-31(24-16-10-8-14-22(24)27)36(34,35)21-12-5-4-6-13-21/h4-16,19H,3,17-18H2,1-2H3,(H,29,33)/t19-/m1/s1. The van der Waals surface area contributed by atoms with Crippen molar-refractivity contribution in [2.75, 3.05) is 17.4 Å². The number of halogens is 2. The number of amides is 2. The van der Waals surface area contributed by atoms with Crippen molar-refractivity contribution in [2.24, 2.45) is 0 Å². The molecule has 3 aromatic carbocycles. The van der Waals surface area contributed by atoms with Crippen molar-refractivity contribution < 1.29 is 22.4 Å². The predicted molar refractivity (Wildman–Crippen MR) is 138 cm³/mol. The summed E-state index contributed by atoms with van der Waals surface area (Å²) in [7, 11) is -4.22. The molecule has 1 N–H and O–H groups in total. The summed E-state index contributed by atoms with van der Waals surface area (Å²) in [5, 5.41) is 2.78. The molecule has 10 heteroatoms. The van der Waals surface area contributed by atoms with Crippen molar-refractivity contribution in [3.8, 4) is 0 Å². The highest BCUT2D eigenvalue weighted by molar-refractivity contribution is 7.92. The molecule has 0 unspecified atom stereocenters. The number of nitrogens with one attached hydrogen (secondary N) is 1. The van der Waals surface area contributed by atoms with Crippen LogP contribution in [0.5, 0.6) is 0 Å². The molecule has 0 spiro atoms. The van der Waals surface area contributed by atoms with E-state index in [9.17, 15) is 22.4 Å². The number of sulfonamides is 1. The lowest BCUT2D eigenvalue weighted by Crippen LogP contribution is -2.51. The molecule has 0 aliphatic rings. The van der Waals surface area contributed by atoms with Crippen molar-refractivity contribution in [1.29, 1.82) is 0 Å². The lowest BCUT2D eigenvalue weighted by Gasteiger charge is -2.32. The van der Waals surface area contributed by atoms with Gasteiger partial charge in [0.2, 0.25) is 11.8 Å². The zero-order valence-electron chi connectivity index (χ0n) is 19.9. The fourth-order valence-electron chi connectivity index (χ4n) is 3.60. The first-order valence-corrected chi connectivity index (χ1v) is 13.1. The SMILES string of the molecule is CCNC(=O)[C@@H](C)N(Cc1ccccc1F)C(=O)CN(c1ccccc1Cl)S(=O)(=O)c1ccccc1. The van der Waals surface area contributed by atoms with Gasteiger partial charge in [0.1, 0.15) is 18.4 Å². The molecule has 0 heterocycles. The molecular formula is C26H27ClFN3O4S. The molecule has 0 saturated carbocycles. The van der Waals surface area contributed by atoms with E-state index in [0.29, 0.717) is 6.54 Å². The maximum absolute atomic E-state index is 14.5. The fraction of sp³-hybridized carbons (Fsp3) is 0.231. The number of hydrogen-bond acceptors (Lipinski definition) is 4. The number of likely N-dealkylation sites (N-methyl/N-ethyl adjacent to an activating group) is 1. The Kier molecular flexibility index (Phi) is 9.06. The minimum atomic E-state index is -4.22. The van der Waals surface area contributed by atoms with E-state index >= 15 is 0 Å². The van der Waals surface area contributed by atoms with Crippen LogP contribution in [0.4, 0.5) is 10.1 Å². The fourth-order valence-corrected chi connectivity index (χ4v) is 5.34. The van der Waals surface area contributed by atoms with Gasteiger partial charge in [0, 0.05) is 18.7 Å². The molecule has 1 atom stereocenters. The summed E-state index contributed by atoms with van der Waals surface area (Å²) in [4.78, 5) is 27.4. The van der Waals surface area contributed by atoms with Gasteiger partial charge < -0.3 is 10.2 Å². The van der Waals surface area contributed by atoms with E-state index in [1.165, 1.54) is 49.4 Å². The van der Waals surface area contributed by atoms with Gasteiger partial charge in [0.05, 0.1) is 15.6 Å². The Bertz CT molecular complexity index is 1320. The molecule has 0 saturated heterocycles. The van der Waals surface area contributed by atoms with E-state index < -0.39 is 40.2 Å². The van der Waals surface area contributed by atoms with Crippen LogP contribution in [0.15, 0.2) is 83.8 Å². The number of nitrogens with zero attached hydrogens (tertiary/aromatic N) is 2. The molecule has 7 nitrogen and oxygen atoms in total. The van der Waals surface area contributed by atoms with Crippen LogP contribution < -0.4 is 9.62 Å². The summed E-state index contributed by atoms with van der Waals surface area (Å²) in [5.74, 6) is -1.69. The minimum absolute atomic E-state index is 0.0323. The van der Waals surface area contributed by atoms with E-state index in [1.54, 1.807) is 43.3 Å². The Balaban J connectivity index is 2.04. The van der Waals surface area contributed by atoms with E-state index in [4.69, 9.17) is 11.6 Å². The average molecular weight is 532 g/mol. The molecule has 36 heavy (non-hydrogen) atoms. The number of para-hydroxylation sites is 1. The van der Waals surface area contributed by atoms with Crippen LogP contribution in [0.1, 0.15) is 19.4 Å². The highest BCUT2D eigenvalue weighted by Crippen LogP contribution is 2.30.